The van der Waals surface area contributed by atoms with Gasteiger partial charge in [0, 0.05) is 18.3 Å². The van der Waals surface area contributed by atoms with Crippen LogP contribution in [0.4, 0.5) is 11.5 Å². The van der Waals surface area contributed by atoms with E-state index in [1.165, 1.54) is 0 Å². The van der Waals surface area contributed by atoms with Crippen LogP contribution in [0.25, 0.3) is 0 Å². The molecule has 0 atom stereocenters. The summed E-state index contributed by atoms with van der Waals surface area (Å²) in [4.78, 5) is 20.9. The van der Waals surface area contributed by atoms with Gasteiger partial charge in [0.05, 0.1) is 11.6 Å². The number of nitriles is 1. The van der Waals surface area contributed by atoms with E-state index in [0.717, 1.165) is 17.7 Å². The first-order chi connectivity index (χ1) is 13.1. The van der Waals surface area contributed by atoms with Crippen LogP contribution in [0.1, 0.15) is 27.4 Å². The molecule has 0 radical (unpaired) electrons. The van der Waals surface area contributed by atoms with Crippen molar-refractivity contribution in [2.45, 2.75) is 13.3 Å². The first kappa shape index (κ1) is 18.1. The van der Waals surface area contributed by atoms with Gasteiger partial charge < -0.3 is 10.6 Å². The molecule has 0 aliphatic rings. The van der Waals surface area contributed by atoms with Gasteiger partial charge in [-0.25, -0.2) is 9.97 Å². The minimum Gasteiger partial charge on any atom is -0.350 e. The van der Waals surface area contributed by atoms with Gasteiger partial charge in [0.1, 0.15) is 17.3 Å². The summed E-state index contributed by atoms with van der Waals surface area (Å²) in [5, 5.41) is 15.0. The number of nitrogens with one attached hydrogen (secondary N) is 2. The van der Waals surface area contributed by atoms with Crippen LogP contribution in [0.5, 0.6) is 0 Å². The molecule has 2 N–H and O–H groups in total. The number of benzene rings is 2. The van der Waals surface area contributed by atoms with Gasteiger partial charge in [-0.15, -0.1) is 0 Å². The first-order valence-electron chi connectivity index (χ1n) is 8.59. The van der Waals surface area contributed by atoms with Crippen LogP contribution in [0.15, 0.2) is 60.7 Å². The SMILES string of the molecule is Cc1nc(Nc2cccc(C#N)c2)cc(C(=O)NCCc2ccccc2)n1. The van der Waals surface area contributed by atoms with Crippen LogP contribution < -0.4 is 10.6 Å². The molecular weight excluding hydrogens is 338 g/mol. The molecule has 1 amide bonds. The van der Waals surface area contributed by atoms with Crippen LogP contribution in [-0.2, 0) is 6.42 Å². The van der Waals surface area contributed by atoms with Crippen molar-refractivity contribution in [2.75, 3.05) is 11.9 Å². The second-order valence-electron chi connectivity index (χ2n) is 5.99. The highest BCUT2D eigenvalue weighted by atomic mass is 16.1. The molecule has 0 aliphatic carbocycles. The van der Waals surface area contributed by atoms with Gasteiger partial charge in [-0.2, -0.15) is 5.26 Å². The van der Waals surface area contributed by atoms with Crippen molar-refractivity contribution in [1.29, 1.82) is 5.26 Å². The fourth-order valence-corrected chi connectivity index (χ4v) is 2.62. The van der Waals surface area contributed by atoms with E-state index in [4.69, 9.17) is 5.26 Å². The molecule has 6 heteroatoms. The normalized spacial score (nSPS) is 10.1. The van der Waals surface area contributed by atoms with Gasteiger partial charge in [-0.3, -0.25) is 4.79 Å². The van der Waals surface area contributed by atoms with Crippen molar-refractivity contribution in [1.82, 2.24) is 15.3 Å². The highest BCUT2D eigenvalue weighted by molar-refractivity contribution is 5.93. The molecule has 0 fully saturated rings. The highest BCUT2D eigenvalue weighted by Gasteiger charge is 2.10. The van der Waals surface area contributed by atoms with E-state index in [9.17, 15) is 4.79 Å². The van der Waals surface area contributed by atoms with Crippen molar-refractivity contribution in [3.8, 4) is 6.07 Å². The Labute approximate surface area is 157 Å². The number of carbonyl (C=O) groups is 1. The lowest BCUT2D eigenvalue weighted by Crippen LogP contribution is -2.27. The number of aromatic nitrogens is 2. The molecule has 0 saturated carbocycles. The average molecular weight is 357 g/mol. The maximum atomic E-state index is 12.4. The van der Waals surface area contributed by atoms with Gasteiger partial charge in [-0.05, 0) is 37.1 Å². The summed E-state index contributed by atoms with van der Waals surface area (Å²) >= 11 is 0. The Bertz CT molecular complexity index is 979. The highest BCUT2D eigenvalue weighted by Crippen LogP contribution is 2.16. The largest absolute Gasteiger partial charge is 0.350 e. The number of aryl methyl sites for hydroxylation is 1. The molecule has 134 valence electrons. The summed E-state index contributed by atoms with van der Waals surface area (Å²) in [7, 11) is 0. The molecule has 3 aromatic rings. The van der Waals surface area contributed by atoms with Gasteiger partial charge in [0.15, 0.2) is 0 Å². The van der Waals surface area contributed by atoms with Gasteiger partial charge in [-0.1, -0.05) is 36.4 Å². The lowest BCUT2D eigenvalue weighted by molar-refractivity contribution is 0.0949. The zero-order valence-corrected chi connectivity index (χ0v) is 14.9. The molecule has 0 bridgehead atoms. The Hall–Kier alpha value is -3.72. The minimum absolute atomic E-state index is 0.245. The number of anilines is 2. The van der Waals surface area contributed by atoms with E-state index in [-0.39, 0.29) is 5.91 Å². The predicted molar refractivity (Wildman–Crippen MR) is 104 cm³/mol. The topological polar surface area (TPSA) is 90.7 Å². The molecule has 27 heavy (non-hydrogen) atoms. The van der Waals surface area contributed by atoms with Crippen molar-refractivity contribution >= 4 is 17.4 Å². The van der Waals surface area contributed by atoms with Crippen LogP contribution in [-0.4, -0.2) is 22.4 Å². The lowest BCUT2D eigenvalue weighted by atomic mass is 10.1. The Morgan fingerprint density at radius 3 is 2.67 bits per heavy atom. The number of amides is 1. The number of carbonyl (C=O) groups excluding carboxylic acids is 1. The van der Waals surface area contributed by atoms with Crippen molar-refractivity contribution in [3.05, 3.63) is 83.3 Å². The molecule has 3 rings (SSSR count). The molecule has 0 unspecified atom stereocenters. The molecule has 1 heterocycles. The van der Waals surface area contributed by atoms with Crippen LogP contribution in [0, 0.1) is 18.3 Å². The van der Waals surface area contributed by atoms with Crippen molar-refractivity contribution < 1.29 is 4.79 Å². The van der Waals surface area contributed by atoms with Crippen molar-refractivity contribution in [2.24, 2.45) is 0 Å². The number of nitrogens with zero attached hydrogens (tertiary/aromatic N) is 3. The van der Waals surface area contributed by atoms with Crippen LogP contribution in [0.3, 0.4) is 0 Å². The Kier molecular flexibility index (Phi) is 5.75. The summed E-state index contributed by atoms with van der Waals surface area (Å²) < 4.78 is 0. The standard InChI is InChI=1S/C21H19N5O/c1-15-24-19(21(27)23-11-10-16-6-3-2-4-7-16)13-20(25-15)26-18-9-5-8-17(12-18)14-22/h2-9,12-13H,10-11H2,1H3,(H,23,27)(H,24,25,26). The molecule has 1 aromatic heterocycles. The van der Waals surface area contributed by atoms with Crippen LogP contribution in [0.2, 0.25) is 0 Å². The third kappa shape index (κ3) is 5.13. The maximum Gasteiger partial charge on any atom is 0.270 e. The molecule has 0 saturated heterocycles. The van der Waals surface area contributed by atoms with Gasteiger partial charge >= 0.3 is 0 Å². The number of rotatable bonds is 6. The molecule has 0 spiro atoms. The average Bonchev–Trinajstić information content (AvgIpc) is 2.68. The fraction of sp³-hybridized carbons (Fsp3) is 0.143. The number of hydrogen-bond donors (Lipinski definition) is 2. The summed E-state index contributed by atoms with van der Waals surface area (Å²) in [6.07, 6.45) is 0.753. The third-order valence-electron chi connectivity index (χ3n) is 3.88. The quantitative estimate of drug-likeness (QED) is 0.706. The molecule has 0 aliphatic heterocycles. The second kappa shape index (κ2) is 8.59. The van der Waals surface area contributed by atoms with Crippen LogP contribution >= 0.6 is 0 Å². The lowest BCUT2D eigenvalue weighted by Gasteiger charge is -2.09. The van der Waals surface area contributed by atoms with E-state index in [1.54, 1.807) is 31.2 Å². The molecule has 6 nitrogen and oxygen atoms in total. The minimum atomic E-state index is -0.245. The summed E-state index contributed by atoms with van der Waals surface area (Å²) in [6, 6.07) is 20.7. The smallest absolute Gasteiger partial charge is 0.270 e. The summed E-state index contributed by atoms with van der Waals surface area (Å²) in [5.41, 5.74) is 2.73. The monoisotopic (exact) mass is 357 g/mol. The Morgan fingerprint density at radius 2 is 1.89 bits per heavy atom. The Balaban J connectivity index is 1.67. The second-order valence-corrected chi connectivity index (χ2v) is 5.99. The van der Waals surface area contributed by atoms with E-state index in [2.05, 4.69) is 26.7 Å². The van der Waals surface area contributed by atoms with E-state index < -0.39 is 0 Å². The van der Waals surface area contributed by atoms with E-state index >= 15 is 0 Å². The zero-order chi connectivity index (χ0) is 19.1. The third-order valence-corrected chi connectivity index (χ3v) is 3.88. The predicted octanol–water partition coefficient (Wildman–Crippen LogP) is 3.37. The Morgan fingerprint density at radius 1 is 1.07 bits per heavy atom. The van der Waals surface area contributed by atoms with Crippen molar-refractivity contribution in [3.63, 3.8) is 0 Å². The van der Waals surface area contributed by atoms with Gasteiger partial charge in [0.2, 0.25) is 0 Å². The number of hydrogen-bond acceptors (Lipinski definition) is 5. The molecular formula is C21H19N5O. The first-order valence-corrected chi connectivity index (χ1v) is 8.59. The zero-order valence-electron chi connectivity index (χ0n) is 14.9. The van der Waals surface area contributed by atoms with E-state index in [0.29, 0.717) is 29.4 Å². The van der Waals surface area contributed by atoms with Gasteiger partial charge in [0.25, 0.3) is 5.91 Å². The molecule has 2 aromatic carbocycles. The maximum absolute atomic E-state index is 12.4. The summed E-state index contributed by atoms with van der Waals surface area (Å²) in [6.45, 7) is 2.26. The van der Waals surface area contributed by atoms with E-state index in [1.807, 2.05) is 36.4 Å². The summed E-state index contributed by atoms with van der Waals surface area (Å²) in [5.74, 6) is 0.751. The fourth-order valence-electron chi connectivity index (χ4n) is 2.62.